The lowest BCUT2D eigenvalue weighted by Gasteiger charge is -2.20. The fraction of sp³-hybridized carbons (Fsp3) is 0.318. The number of anilines is 1. The molecule has 5 nitrogen and oxygen atoms in total. The Kier molecular flexibility index (Phi) is 3.82. The first-order valence-corrected chi connectivity index (χ1v) is 9.50. The SMILES string of the molecule is O=C(Oc1ccccc1N1C(=O)[C@H]2[C@@H]3CC[C@@H](C3)[C@@H]2C1=O)c1ccccc1F. The highest BCUT2D eigenvalue weighted by atomic mass is 19.1. The topological polar surface area (TPSA) is 63.7 Å². The number of nitrogens with zero attached hydrogens (tertiary/aromatic N) is 1. The number of amides is 2. The van der Waals surface area contributed by atoms with E-state index in [9.17, 15) is 18.8 Å². The van der Waals surface area contributed by atoms with Crippen LogP contribution in [0.1, 0.15) is 29.6 Å². The Bertz CT molecular complexity index is 976. The van der Waals surface area contributed by atoms with E-state index in [0.717, 1.165) is 19.3 Å². The van der Waals surface area contributed by atoms with E-state index in [-0.39, 0.29) is 52.5 Å². The number of hydrogen-bond acceptors (Lipinski definition) is 4. The van der Waals surface area contributed by atoms with Crippen molar-refractivity contribution in [1.29, 1.82) is 0 Å². The summed E-state index contributed by atoms with van der Waals surface area (Å²) in [5, 5.41) is 0. The van der Waals surface area contributed by atoms with Crippen LogP contribution in [0, 0.1) is 29.5 Å². The van der Waals surface area contributed by atoms with Gasteiger partial charge in [0.2, 0.25) is 11.8 Å². The maximum absolute atomic E-state index is 13.9. The molecule has 0 N–H and O–H groups in total. The van der Waals surface area contributed by atoms with Crippen LogP contribution >= 0.6 is 0 Å². The maximum atomic E-state index is 13.9. The van der Waals surface area contributed by atoms with Crippen LogP contribution in [-0.4, -0.2) is 17.8 Å². The third-order valence-corrected chi connectivity index (χ3v) is 6.33. The van der Waals surface area contributed by atoms with Gasteiger partial charge in [-0.15, -0.1) is 0 Å². The minimum absolute atomic E-state index is 0.0739. The molecule has 6 heteroatoms. The van der Waals surface area contributed by atoms with Crippen LogP contribution in [-0.2, 0) is 9.59 Å². The average molecular weight is 379 g/mol. The molecule has 1 aliphatic heterocycles. The van der Waals surface area contributed by atoms with E-state index >= 15 is 0 Å². The molecule has 2 saturated carbocycles. The standard InChI is InChI=1S/C22H18FNO4/c23-15-6-2-1-5-14(15)22(27)28-17-8-4-3-7-16(17)24-20(25)18-12-9-10-13(11-12)19(18)21(24)26/h1-8,12-13,18-19H,9-11H2/t12-,13+,18-,19-/m0/s1. The van der Waals surface area contributed by atoms with Gasteiger partial charge in [-0.25, -0.2) is 14.1 Å². The van der Waals surface area contributed by atoms with Gasteiger partial charge in [0.25, 0.3) is 0 Å². The Balaban J connectivity index is 1.48. The Hall–Kier alpha value is -3.02. The molecule has 3 fully saturated rings. The van der Waals surface area contributed by atoms with Gasteiger partial charge in [0.1, 0.15) is 5.82 Å². The Morgan fingerprint density at radius 2 is 1.54 bits per heavy atom. The minimum Gasteiger partial charge on any atom is -0.421 e. The molecule has 2 aromatic carbocycles. The van der Waals surface area contributed by atoms with Gasteiger partial charge >= 0.3 is 5.97 Å². The predicted octanol–water partition coefficient (Wildman–Crippen LogP) is 3.58. The van der Waals surface area contributed by atoms with E-state index < -0.39 is 11.8 Å². The Labute approximate surface area is 161 Å². The third kappa shape index (κ3) is 2.40. The second-order valence-electron chi connectivity index (χ2n) is 7.73. The zero-order valence-corrected chi connectivity index (χ0v) is 15.0. The lowest BCUT2D eigenvalue weighted by Crippen LogP contribution is -2.33. The summed E-state index contributed by atoms with van der Waals surface area (Å²) in [5.74, 6) is -1.90. The highest BCUT2D eigenvalue weighted by molar-refractivity contribution is 6.23. The minimum atomic E-state index is -0.870. The van der Waals surface area contributed by atoms with Crippen LogP contribution in [0.15, 0.2) is 48.5 Å². The molecule has 0 aromatic heterocycles. The molecule has 1 saturated heterocycles. The predicted molar refractivity (Wildman–Crippen MR) is 98.1 cm³/mol. The highest BCUT2D eigenvalue weighted by Crippen LogP contribution is 2.57. The maximum Gasteiger partial charge on any atom is 0.346 e. The summed E-state index contributed by atoms with van der Waals surface area (Å²) < 4.78 is 19.3. The van der Waals surface area contributed by atoms with Crippen LogP contribution in [0.25, 0.3) is 0 Å². The molecule has 1 heterocycles. The van der Waals surface area contributed by atoms with Crippen LogP contribution in [0.3, 0.4) is 0 Å². The molecule has 4 atom stereocenters. The van der Waals surface area contributed by atoms with Gasteiger partial charge in [0, 0.05) is 0 Å². The first-order chi connectivity index (χ1) is 13.6. The van der Waals surface area contributed by atoms with E-state index in [4.69, 9.17) is 4.74 Å². The Morgan fingerprint density at radius 3 is 2.21 bits per heavy atom. The highest BCUT2D eigenvalue weighted by Gasteiger charge is 2.61. The number of rotatable bonds is 3. The third-order valence-electron chi connectivity index (χ3n) is 6.33. The monoisotopic (exact) mass is 379 g/mol. The van der Waals surface area contributed by atoms with Gasteiger partial charge < -0.3 is 4.74 Å². The first-order valence-electron chi connectivity index (χ1n) is 9.50. The molecule has 2 aromatic rings. The number of hydrogen-bond donors (Lipinski definition) is 0. The number of fused-ring (bicyclic) bond motifs is 5. The number of ether oxygens (including phenoxy) is 1. The second-order valence-corrected chi connectivity index (χ2v) is 7.73. The fourth-order valence-corrected chi connectivity index (χ4v) is 5.16. The average Bonchev–Trinajstić information content (AvgIpc) is 3.37. The number of benzene rings is 2. The summed E-state index contributed by atoms with van der Waals surface area (Å²) in [6.07, 6.45) is 2.93. The van der Waals surface area contributed by atoms with Crippen molar-refractivity contribution < 1.29 is 23.5 Å². The lowest BCUT2D eigenvalue weighted by atomic mass is 9.81. The molecule has 2 amide bonds. The summed E-state index contributed by atoms with van der Waals surface area (Å²) in [7, 11) is 0. The lowest BCUT2D eigenvalue weighted by molar-refractivity contribution is -0.123. The largest absolute Gasteiger partial charge is 0.421 e. The molecular formula is C22H18FNO4. The van der Waals surface area contributed by atoms with E-state index in [0.29, 0.717) is 0 Å². The van der Waals surface area contributed by atoms with Gasteiger partial charge in [-0.05, 0) is 55.4 Å². The smallest absolute Gasteiger partial charge is 0.346 e. The number of carbonyl (C=O) groups excluding carboxylic acids is 3. The van der Waals surface area contributed by atoms with Crippen molar-refractivity contribution in [2.45, 2.75) is 19.3 Å². The number of imide groups is 1. The fourth-order valence-electron chi connectivity index (χ4n) is 5.16. The van der Waals surface area contributed by atoms with Gasteiger partial charge in [-0.1, -0.05) is 24.3 Å². The number of para-hydroxylation sites is 2. The van der Waals surface area contributed by atoms with Crippen molar-refractivity contribution in [3.8, 4) is 5.75 Å². The molecule has 3 aliphatic rings. The summed E-state index contributed by atoms with van der Waals surface area (Å²) in [6.45, 7) is 0. The molecule has 2 aliphatic carbocycles. The van der Waals surface area contributed by atoms with E-state index in [2.05, 4.69) is 0 Å². The van der Waals surface area contributed by atoms with E-state index in [1.807, 2.05) is 0 Å². The van der Waals surface area contributed by atoms with Crippen LogP contribution in [0.4, 0.5) is 10.1 Å². The summed E-state index contributed by atoms with van der Waals surface area (Å²) in [6, 6.07) is 11.9. The van der Waals surface area contributed by atoms with Crippen LogP contribution < -0.4 is 9.64 Å². The van der Waals surface area contributed by atoms with Gasteiger partial charge in [0.05, 0.1) is 23.1 Å². The number of halogens is 1. The van der Waals surface area contributed by atoms with Gasteiger partial charge in [-0.3, -0.25) is 9.59 Å². The molecule has 0 radical (unpaired) electrons. The number of esters is 1. The van der Waals surface area contributed by atoms with Crippen LogP contribution in [0.2, 0.25) is 0 Å². The zero-order valence-electron chi connectivity index (χ0n) is 15.0. The molecule has 0 spiro atoms. The molecular weight excluding hydrogens is 361 g/mol. The van der Waals surface area contributed by atoms with Crippen molar-refractivity contribution in [2.75, 3.05) is 4.90 Å². The van der Waals surface area contributed by atoms with E-state index in [1.165, 1.54) is 35.2 Å². The van der Waals surface area contributed by atoms with Gasteiger partial charge in [-0.2, -0.15) is 0 Å². The molecule has 142 valence electrons. The summed E-state index contributed by atoms with van der Waals surface area (Å²) in [5.41, 5.74) is 0.0438. The second kappa shape index (κ2) is 6.26. The molecule has 0 unspecified atom stereocenters. The molecule has 28 heavy (non-hydrogen) atoms. The molecule has 5 rings (SSSR count). The van der Waals surface area contributed by atoms with Crippen LogP contribution in [0.5, 0.6) is 5.75 Å². The zero-order chi connectivity index (χ0) is 19.4. The Morgan fingerprint density at radius 1 is 0.929 bits per heavy atom. The molecule has 2 bridgehead atoms. The van der Waals surface area contributed by atoms with E-state index in [1.54, 1.807) is 18.2 Å². The first kappa shape index (κ1) is 17.1. The van der Waals surface area contributed by atoms with Crippen molar-refractivity contribution >= 4 is 23.5 Å². The van der Waals surface area contributed by atoms with Crippen molar-refractivity contribution in [3.05, 3.63) is 59.9 Å². The summed E-state index contributed by atoms with van der Waals surface area (Å²) >= 11 is 0. The number of carbonyl (C=O) groups is 3. The quantitative estimate of drug-likeness (QED) is 0.465. The van der Waals surface area contributed by atoms with Crippen molar-refractivity contribution in [3.63, 3.8) is 0 Å². The van der Waals surface area contributed by atoms with Gasteiger partial charge in [0.15, 0.2) is 5.75 Å². The van der Waals surface area contributed by atoms with Crippen molar-refractivity contribution in [1.82, 2.24) is 0 Å². The van der Waals surface area contributed by atoms with Crippen molar-refractivity contribution in [2.24, 2.45) is 23.7 Å². The summed E-state index contributed by atoms with van der Waals surface area (Å²) in [4.78, 5) is 39.7. The normalized spacial score (nSPS) is 28.0.